The zero-order valence-electron chi connectivity index (χ0n) is 14.7. The molecule has 0 aliphatic heterocycles. The Morgan fingerprint density at radius 3 is 2.78 bits per heavy atom. The van der Waals surface area contributed by atoms with Crippen LogP contribution in [0.3, 0.4) is 0 Å². The van der Waals surface area contributed by atoms with Gasteiger partial charge >= 0.3 is 0 Å². The van der Waals surface area contributed by atoms with Gasteiger partial charge in [-0.1, -0.05) is 39.7 Å². The summed E-state index contributed by atoms with van der Waals surface area (Å²) in [4.78, 5) is 16.6. The standard InChI is InChI=1S/C20H18BrClN2O2S/c1-13-11-16(8-9-17(13)22)26-10-2-3-19(25)24-20-23-18(12-27-20)14-4-6-15(21)7-5-14/h4-9,11-12H,2-3,10H2,1H3,(H,23,24,25). The molecule has 0 aliphatic rings. The highest BCUT2D eigenvalue weighted by molar-refractivity contribution is 9.10. The number of rotatable bonds is 7. The van der Waals surface area contributed by atoms with Crippen molar-refractivity contribution < 1.29 is 9.53 Å². The monoisotopic (exact) mass is 464 g/mol. The summed E-state index contributed by atoms with van der Waals surface area (Å²) in [5.41, 5.74) is 2.84. The van der Waals surface area contributed by atoms with Gasteiger partial charge in [0.05, 0.1) is 12.3 Å². The van der Waals surface area contributed by atoms with Gasteiger partial charge in [-0.15, -0.1) is 11.3 Å². The number of halogens is 2. The molecule has 0 radical (unpaired) electrons. The lowest BCUT2D eigenvalue weighted by molar-refractivity contribution is -0.116. The number of hydrogen-bond acceptors (Lipinski definition) is 4. The smallest absolute Gasteiger partial charge is 0.226 e. The highest BCUT2D eigenvalue weighted by Crippen LogP contribution is 2.26. The molecule has 0 fully saturated rings. The van der Waals surface area contributed by atoms with E-state index in [1.807, 2.05) is 54.8 Å². The molecular weight excluding hydrogens is 448 g/mol. The van der Waals surface area contributed by atoms with Crippen LogP contribution in [0.15, 0.2) is 52.3 Å². The lowest BCUT2D eigenvalue weighted by Crippen LogP contribution is -2.12. The Hall–Kier alpha value is -1.89. The maximum absolute atomic E-state index is 12.1. The quantitative estimate of drug-likeness (QED) is 0.415. The molecule has 3 aromatic rings. The summed E-state index contributed by atoms with van der Waals surface area (Å²) in [7, 11) is 0. The van der Waals surface area contributed by atoms with E-state index in [1.165, 1.54) is 11.3 Å². The first-order valence-corrected chi connectivity index (χ1v) is 10.5. The number of ether oxygens (including phenoxy) is 1. The van der Waals surface area contributed by atoms with E-state index >= 15 is 0 Å². The fourth-order valence-corrected chi connectivity index (χ4v) is 3.51. The summed E-state index contributed by atoms with van der Waals surface area (Å²) >= 11 is 10.8. The molecule has 1 amide bonds. The van der Waals surface area contributed by atoms with E-state index in [0.29, 0.717) is 29.6 Å². The summed E-state index contributed by atoms with van der Waals surface area (Å²) < 4.78 is 6.68. The van der Waals surface area contributed by atoms with E-state index < -0.39 is 0 Å². The Kier molecular flexibility index (Phi) is 6.88. The molecule has 0 spiro atoms. The van der Waals surface area contributed by atoms with Crippen molar-refractivity contribution in [3.05, 3.63) is 62.9 Å². The number of thiazole rings is 1. The minimum absolute atomic E-state index is 0.0670. The Balaban J connectivity index is 1.44. The van der Waals surface area contributed by atoms with Gasteiger partial charge in [0.25, 0.3) is 0 Å². The van der Waals surface area contributed by atoms with Crippen molar-refractivity contribution in [2.24, 2.45) is 0 Å². The first-order chi connectivity index (χ1) is 13.0. The Bertz CT molecular complexity index is 928. The van der Waals surface area contributed by atoms with Gasteiger partial charge in [-0.05, 0) is 49.2 Å². The second-order valence-corrected chi connectivity index (χ2v) is 8.14. The number of aryl methyl sites for hydroxylation is 1. The van der Waals surface area contributed by atoms with E-state index in [9.17, 15) is 4.79 Å². The van der Waals surface area contributed by atoms with Gasteiger partial charge in [0.2, 0.25) is 5.91 Å². The van der Waals surface area contributed by atoms with Crippen molar-refractivity contribution in [2.45, 2.75) is 19.8 Å². The molecule has 2 aromatic carbocycles. The fraction of sp³-hybridized carbons (Fsp3) is 0.200. The van der Waals surface area contributed by atoms with E-state index in [-0.39, 0.29) is 5.91 Å². The van der Waals surface area contributed by atoms with Crippen LogP contribution >= 0.6 is 38.9 Å². The van der Waals surface area contributed by atoms with Crippen molar-refractivity contribution in [3.63, 3.8) is 0 Å². The topological polar surface area (TPSA) is 51.2 Å². The molecule has 0 unspecified atom stereocenters. The predicted octanol–water partition coefficient (Wildman–Crippen LogP) is 6.33. The lowest BCUT2D eigenvalue weighted by Gasteiger charge is -2.07. The zero-order valence-corrected chi connectivity index (χ0v) is 17.8. The van der Waals surface area contributed by atoms with Gasteiger partial charge < -0.3 is 10.1 Å². The Morgan fingerprint density at radius 2 is 2.04 bits per heavy atom. The molecule has 4 nitrogen and oxygen atoms in total. The van der Waals surface area contributed by atoms with E-state index in [2.05, 4.69) is 26.2 Å². The average Bonchev–Trinajstić information content (AvgIpc) is 3.10. The minimum Gasteiger partial charge on any atom is -0.494 e. The van der Waals surface area contributed by atoms with Crippen LogP contribution in [0.5, 0.6) is 5.75 Å². The highest BCUT2D eigenvalue weighted by atomic mass is 79.9. The van der Waals surface area contributed by atoms with Crippen LogP contribution in [0.2, 0.25) is 5.02 Å². The molecule has 0 atom stereocenters. The number of anilines is 1. The first-order valence-electron chi connectivity index (χ1n) is 8.41. The molecule has 0 aliphatic carbocycles. The molecule has 1 N–H and O–H groups in total. The van der Waals surface area contributed by atoms with Crippen LogP contribution in [0.25, 0.3) is 11.3 Å². The number of hydrogen-bond donors (Lipinski definition) is 1. The molecule has 27 heavy (non-hydrogen) atoms. The average molecular weight is 466 g/mol. The maximum Gasteiger partial charge on any atom is 0.226 e. The Morgan fingerprint density at radius 1 is 1.26 bits per heavy atom. The summed E-state index contributed by atoms with van der Waals surface area (Å²) in [5, 5.41) is 6.10. The summed E-state index contributed by atoms with van der Waals surface area (Å²) in [6.07, 6.45) is 0.998. The Labute approximate surface area is 175 Å². The van der Waals surface area contributed by atoms with Crippen LogP contribution in [0.1, 0.15) is 18.4 Å². The van der Waals surface area contributed by atoms with Crippen molar-refractivity contribution in [2.75, 3.05) is 11.9 Å². The third-order valence-electron chi connectivity index (χ3n) is 3.84. The predicted molar refractivity (Wildman–Crippen MR) is 115 cm³/mol. The lowest BCUT2D eigenvalue weighted by atomic mass is 10.2. The van der Waals surface area contributed by atoms with Gasteiger partial charge in [-0.2, -0.15) is 0 Å². The number of benzene rings is 2. The SMILES string of the molecule is Cc1cc(OCCCC(=O)Nc2nc(-c3ccc(Br)cc3)cs2)ccc1Cl. The van der Waals surface area contributed by atoms with Crippen molar-refractivity contribution in [1.29, 1.82) is 0 Å². The summed E-state index contributed by atoms with van der Waals surface area (Å²) in [6, 6.07) is 13.4. The molecule has 0 bridgehead atoms. The van der Waals surface area contributed by atoms with Crippen LogP contribution in [0, 0.1) is 6.92 Å². The molecule has 0 saturated heterocycles. The first kappa shape index (κ1) is 19.9. The molecule has 1 aromatic heterocycles. The molecule has 1 heterocycles. The van der Waals surface area contributed by atoms with Gasteiger partial charge in [-0.25, -0.2) is 4.98 Å². The summed E-state index contributed by atoms with van der Waals surface area (Å²) in [5.74, 6) is 0.693. The molecule has 140 valence electrons. The van der Waals surface area contributed by atoms with Crippen molar-refractivity contribution in [1.82, 2.24) is 4.98 Å². The van der Waals surface area contributed by atoms with E-state index in [0.717, 1.165) is 27.0 Å². The third-order valence-corrected chi connectivity index (χ3v) is 5.55. The minimum atomic E-state index is -0.0670. The second-order valence-electron chi connectivity index (χ2n) is 5.96. The maximum atomic E-state index is 12.1. The second kappa shape index (κ2) is 9.35. The number of carbonyl (C=O) groups is 1. The van der Waals surface area contributed by atoms with Gasteiger partial charge in [0.1, 0.15) is 5.75 Å². The van der Waals surface area contributed by atoms with E-state index in [4.69, 9.17) is 16.3 Å². The number of nitrogens with zero attached hydrogens (tertiary/aromatic N) is 1. The number of aromatic nitrogens is 1. The normalized spacial score (nSPS) is 10.6. The molecule has 7 heteroatoms. The molecule has 0 saturated carbocycles. The van der Waals surface area contributed by atoms with Gasteiger partial charge in [0, 0.05) is 26.9 Å². The molecular formula is C20H18BrClN2O2S. The van der Waals surface area contributed by atoms with Crippen molar-refractivity contribution in [3.8, 4) is 17.0 Å². The van der Waals surface area contributed by atoms with Crippen molar-refractivity contribution >= 4 is 49.9 Å². The van der Waals surface area contributed by atoms with Crippen LogP contribution in [0.4, 0.5) is 5.13 Å². The number of carbonyl (C=O) groups excluding carboxylic acids is 1. The van der Waals surface area contributed by atoms with E-state index in [1.54, 1.807) is 0 Å². The zero-order chi connectivity index (χ0) is 19.2. The van der Waals surface area contributed by atoms with Crippen LogP contribution in [-0.4, -0.2) is 17.5 Å². The fourth-order valence-electron chi connectivity index (χ4n) is 2.40. The number of amides is 1. The van der Waals surface area contributed by atoms with Gasteiger partial charge in [-0.3, -0.25) is 4.79 Å². The van der Waals surface area contributed by atoms with Crippen LogP contribution in [-0.2, 0) is 4.79 Å². The highest BCUT2D eigenvalue weighted by Gasteiger charge is 2.08. The molecule has 3 rings (SSSR count). The third kappa shape index (κ3) is 5.79. The van der Waals surface area contributed by atoms with Crippen LogP contribution < -0.4 is 10.1 Å². The number of nitrogens with one attached hydrogen (secondary N) is 1. The van der Waals surface area contributed by atoms with Gasteiger partial charge in [0.15, 0.2) is 5.13 Å². The largest absolute Gasteiger partial charge is 0.494 e. The summed E-state index contributed by atoms with van der Waals surface area (Å²) in [6.45, 7) is 2.40.